The van der Waals surface area contributed by atoms with E-state index in [1.807, 2.05) is 0 Å². The van der Waals surface area contributed by atoms with Crippen LogP contribution >= 0.6 is 0 Å². The van der Waals surface area contributed by atoms with Crippen molar-refractivity contribution < 1.29 is 4.74 Å². The lowest BCUT2D eigenvalue weighted by Crippen LogP contribution is -2.63. The van der Waals surface area contributed by atoms with Crippen LogP contribution in [0.3, 0.4) is 0 Å². The summed E-state index contributed by atoms with van der Waals surface area (Å²) >= 11 is 0. The van der Waals surface area contributed by atoms with Crippen molar-refractivity contribution in [3.63, 3.8) is 0 Å². The van der Waals surface area contributed by atoms with Gasteiger partial charge in [-0.2, -0.15) is 0 Å². The summed E-state index contributed by atoms with van der Waals surface area (Å²) in [5.74, 6) is 0.698. The number of unbranched alkanes of at least 4 members (excludes halogenated alkanes) is 2. The summed E-state index contributed by atoms with van der Waals surface area (Å²) in [4.78, 5) is 0. The molecule has 21 heavy (non-hydrogen) atoms. The van der Waals surface area contributed by atoms with Crippen LogP contribution < -0.4 is 5.32 Å². The average molecular weight is 287 g/mol. The topological polar surface area (TPSA) is 21.3 Å². The molecule has 3 unspecified atom stereocenters. The highest BCUT2D eigenvalue weighted by atomic mass is 16.5. The highest BCUT2D eigenvalue weighted by Gasteiger charge is 2.59. The van der Waals surface area contributed by atoms with Crippen molar-refractivity contribution >= 4 is 5.69 Å². The molecule has 1 aromatic carbocycles. The molecule has 1 aliphatic heterocycles. The van der Waals surface area contributed by atoms with Crippen molar-refractivity contribution in [3.05, 3.63) is 29.8 Å². The number of rotatable bonds is 6. The Bertz CT molecular complexity index is 465. The minimum atomic E-state index is 0.251. The minimum Gasteiger partial charge on any atom is -0.381 e. The SMILES string of the molecule is CCCCCc1ccc(NC2C3CCOC3C2(C)C)cc1. The predicted molar refractivity (Wildman–Crippen MR) is 88.7 cm³/mol. The molecule has 1 aromatic rings. The van der Waals surface area contributed by atoms with Crippen LogP contribution in [0.5, 0.6) is 0 Å². The van der Waals surface area contributed by atoms with Gasteiger partial charge in [-0.3, -0.25) is 0 Å². The van der Waals surface area contributed by atoms with Crippen molar-refractivity contribution in [1.29, 1.82) is 0 Å². The second kappa shape index (κ2) is 6.00. The number of hydrogen-bond acceptors (Lipinski definition) is 2. The summed E-state index contributed by atoms with van der Waals surface area (Å²) in [5.41, 5.74) is 2.97. The molecule has 1 aliphatic carbocycles. The summed E-state index contributed by atoms with van der Waals surface area (Å²) in [6, 6.07) is 9.62. The van der Waals surface area contributed by atoms with E-state index in [1.54, 1.807) is 0 Å². The summed E-state index contributed by atoms with van der Waals surface area (Å²) in [7, 11) is 0. The molecular weight excluding hydrogens is 258 g/mol. The summed E-state index contributed by atoms with van der Waals surface area (Å²) in [5, 5.41) is 3.75. The molecule has 0 spiro atoms. The zero-order valence-corrected chi connectivity index (χ0v) is 13.7. The van der Waals surface area contributed by atoms with Gasteiger partial charge in [-0.1, -0.05) is 45.7 Å². The maximum Gasteiger partial charge on any atom is 0.0694 e. The van der Waals surface area contributed by atoms with Gasteiger partial charge in [0, 0.05) is 29.7 Å². The second-order valence-electron chi connectivity index (χ2n) is 7.34. The first-order chi connectivity index (χ1) is 10.1. The zero-order valence-electron chi connectivity index (χ0n) is 13.7. The first kappa shape index (κ1) is 14.9. The van der Waals surface area contributed by atoms with E-state index in [0.29, 0.717) is 18.1 Å². The number of ether oxygens (including phenoxy) is 1. The predicted octanol–water partition coefficient (Wildman–Crippen LogP) is 4.64. The smallest absolute Gasteiger partial charge is 0.0694 e. The van der Waals surface area contributed by atoms with E-state index in [4.69, 9.17) is 4.74 Å². The molecule has 1 saturated heterocycles. The molecule has 116 valence electrons. The molecule has 2 fully saturated rings. The molecule has 0 radical (unpaired) electrons. The van der Waals surface area contributed by atoms with Gasteiger partial charge in [-0.25, -0.2) is 0 Å². The number of anilines is 1. The maximum absolute atomic E-state index is 5.87. The lowest BCUT2D eigenvalue weighted by Gasteiger charge is -2.55. The average Bonchev–Trinajstić information content (AvgIpc) is 2.93. The fourth-order valence-electron chi connectivity index (χ4n) is 4.14. The largest absolute Gasteiger partial charge is 0.381 e. The van der Waals surface area contributed by atoms with Gasteiger partial charge < -0.3 is 10.1 Å². The van der Waals surface area contributed by atoms with Crippen LogP contribution in [0.25, 0.3) is 0 Å². The Labute approximate surface area is 129 Å². The highest BCUT2D eigenvalue weighted by Crippen LogP contribution is 2.53. The van der Waals surface area contributed by atoms with Crippen LogP contribution in [0.4, 0.5) is 5.69 Å². The molecule has 0 aromatic heterocycles. The van der Waals surface area contributed by atoms with Crippen LogP contribution in [-0.2, 0) is 11.2 Å². The Morgan fingerprint density at radius 3 is 2.67 bits per heavy atom. The van der Waals surface area contributed by atoms with E-state index >= 15 is 0 Å². The summed E-state index contributed by atoms with van der Waals surface area (Å²) in [6.07, 6.45) is 6.81. The Morgan fingerprint density at radius 2 is 1.95 bits per heavy atom. The van der Waals surface area contributed by atoms with E-state index in [0.717, 1.165) is 6.61 Å². The molecule has 3 atom stereocenters. The lowest BCUT2D eigenvalue weighted by atomic mass is 9.57. The third-order valence-electron chi connectivity index (χ3n) is 5.45. The van der Waals surface area contributed by atoms with Crippen LogP contribution in [0.15, 0.2) is 24.3 Å². The third kappa shape index (κ3) is 2.83. The zero-order chi connectivity index (χ0) is 14.9. The number of nitrogens with one attached hydrogen (secondary N) is 1. The van der Waals surface area contributed by atoms with Crippen molar-refractivity contribution in [2.45, 2.75) is 65.0 Å². The number of hydrogen-bond donors (Lipinski definition) is 1. The van der Waals surface area contributed by atoms with E-state index in [-0.39, 0.29) is 5.41 Å². The molecule has 2 aliphatic rings. The first-order valence-electron chi connectivity index (χ1n) is 8.60. The van der Waals surface area contributed by atoms with Crippen LogP contribution in [0.1, 0.15) is 52.0 Å². The molecule has 1 N–H and O–H groups in total. The van der Waals surface area contributed by atoms with Gasteiger partial charge in [0.25, 0.3) is 0 Å². The second-order valence-corrected chi connectivity index (χ2v) is 7.34. The molecule has 2 nitrogen and oxygen atoms in total. The number of benzene rings is 1. The van der Waals surface area contributed by atoms with Crippen LogP contribution in [-0.4, -0.2) is 18.8 Å². The number of fused-ring (bicyclic) bond motifs is 1. The van der Waals surface area contributed by atoms with Crippen molar-refractivity contribution in [3.8, 4) is 0 Å². The Hall–Kier alpha value is -1.02. The Balaban J connectivity index is 1.58. The van der Waals surface area contributed by atoms with Crippen LogP contribution in [0.2, 0.25) is 0 Å². The fraction of sp³-hybridized carbons (Fsp3) is 0.684. The quantitative estimate of drug-likeness (QED) is 0.769. The standard InChI is InChI=1S/C19H29NO/c1-4-5-6-7-14-8-10-15(11-9-14)20-17-16-12-13-21-18(16)19(17,2)3/h8-11,16-18,20H,4-7,12-13H2,1-3H3. The van der Waals surface area contributed by atoms with Crippen LogP contribution in [0, 0.1) is 11.3 Å². The molecule has 2 heteroatoms. The highest BCUT2D eigenvalue weighted by molar-refractivity contribution is 5.47. The number of aryl methyl sites for hydroxylation is 1. The molecule has 1 saturated carbocycles. The normalized spacial score (nSPS) is 29.8. The van der Waals surface area contributed by atoms with Gasteiger partial charge in [0.15, 0.2) is 0 Å². The summed E-state index contributed by atoms with van der Waals surface area (Å²) in [6.45, 7) is 7.85. The monoisotopic (exact) mass is 287 g/mol. The van der Waals surface area contributed by atoms with Gasteiger partial charge in [0.2, 0.25) is 0 Å². The summed E-state index contributed by atoms with van der Waals surface area (Å²) < 4.78 is 5.87. The van der Waals surface area contributed by atoms with E-state index in [2.05, 4.69) is 50.4 Å². The molecule has 0 amide bonds. The Morgan fingerprint density at radius 1 is 1.19 bits per heavy atom. The van der Waals surface area contributed by atoms with E-state index in [1.165, 1.54) is 43.4 Å². The minimum absolute atomic E-state index is 0.251. The van der Waals surface area contributed by atoms with Gasteiger partial charge in [-0.15, -0.1) is 0 Å². The van der Waals surface area contributed by atoms with Crippen molar-refractivity contribution in [1.82, 2.24) is 0 Å². The van der Waals surface area contributed by atoms with E-state index in [9.17, 15) is 0 Å². The molecular formula is C19H29NO. The van der Waals surface area contributed by atoms with Crippen molar-refractivity contribution in [2.24, 2.45) is 11.3 Å². The third-order valence-corrected chi connectivity index (χ3v) is 5.45. The Kier molecular flexibility index (Phi) is 4.26. The van der Waals surface area contributed by atoms with Crippen molar-refractivity contribution in [2.75, 3.05) is 11.9 Å². The lowest BCUT2D eigenvalue weighted by molar-refractivity contribution is -0.0923. The molecule has 1 heterocycles. The van der Waals surface area contributed by atoms with Gasteiger partial charge in [-0.05, 0) is 37.0 Å². The van der Waals surface area contributed by atoms with Gasteiger partial charge in [0.1, 0.15) is 0 Å². The van der Waals surface area contributed by atoms with Gasteiger partial charge in [0.05, 0.1) is 6.10 Å². The van der Waals surface area contributed by atoms with Gasteiger partial charge >= 0.3 is 0 Å². The maximum atomic E-state index is 5.87. The first-order valence-corrected chi connectivity index (χ1v) is 8.60. The van der Waals surface area contributed by atoms with E-state index < -0.39 is 0 Å². The fourth-order valence-corrected chi connectivity index (χ4v) is 4.14. The molecule has 3 rings (SSSR count). The molecule has 0 bridgehead atoms.